The van der Waals surface area contributed by atoms with E-state index in [1.54, 1.807) is 6.92 Å². The molecule has 14 heavy (non-hydrogen) atoms. The van der Waals surface area contributed by atoms with Crippen molar-refractivity contribution in [2.45, 2.75) is 6.92 Å². The van der Waals surface area contributed by atoms with Gasteiger partial charge in [0.1, 0.15) is 0 Å². The van der Waals surface area contributed by atoms with Crippen molar-refractivity contribution in [1.29, 1.82) is 0 Å². The summed E-state index contributed by atoms with van der Waals surface area (Å²) in [5.74, 6) is -0.290. The van der Waals surface area contributed by atoms with Crippen LogP contribution in [0.2, 0.25) is 0 Å². The maximum atomic E-state index is 10.6. The third-order valence-electron chi connectivity index (χ3n) is 1.25. The fourth-order valence-electron chi connectivity index (χ4n) is 0.618. The fraction of sp³-hybridized carbons (Fsp3) is 0.600. The number of imide groups is 1. The topological polar surface area (TPSA) is 188 Å². The van der Waals surface area contributed by atoms with E-state index in [1.807, 2.05) is 0 Å². The quantitative estimate of drug-likeness (QED) is 0.550. The molecule has 1 fully saturated rings. The Kier molecular flexibility index (Phi) is 26.0. The third kappa shape index (κ3) is 8.08. The van der Waals surface area contributed by atoms with Gasteiger partial charge in [-0.25, -0.2) is 4.79 Å². The molecule has 3 amide bonds. The van der Waals surface area contributed by atoms with Gasteiger partial charge in [0.05, 0.1) is 5.92 Å². The Labute approximate surface area is 96.2 Å². The summed E-state index contributed by atoms with van der Waals surface area (Å²) in [6.45, 7) is 2.21. The molecule has 1 aliphatic rings. The molecule has 9 heteroatoms. The van der Waals surface area contributed by atoms with Crippen molar-refractivity contribution in [2.24, 2.45) is 5.92 Å². The molecule has 88 valence electrons. The average Bonchev–Trinajstić information content (AvgIpc) is 1.80. The van der Waals surface area contributed by atoms with Crippen LogP contribution in [0.5, 0.6) is 0 Å². The van der Waals surface area contributed by atoms with Crippen LogP contribution in [0.4, 0.5) is 4.79 Å². The fourth-order valence-corrected chi connectivity index (χ4v) is 0.618. The summed E-state index contributed by atoms with van der Waals surface area (Å²) < 4.78 is 0. The van der Waals surface area contributed by atoms with Gasteiger partial charge in [0, 0.05) is 6.54 Å². The summed E-state index contributed by atoms with van der Waals surface area (Å²) >= 11 is 0. The second-order valence-electron chi connectivity index (χ2n) is 2.10. The minimum atomic E-state index is -0.391. The molecule has 0 saturated carbocycles. The molecule has 1 unspecified atom stereocenters. The molecule has 0 aromatic carbocycles. The number of urea groups is 1. The number of hydrogen-bond acceptors (Lipinski definition) is 2. The van der Waals surface area contributed by atoms with E-state index in [0.29, 0.717) is 6.54 Å². The first-order chi connectivity index (χ1) is 4.20. The van der Waals surface area contributed by atoms with Gasteiger partial charge in [0.15, 0.2) is 0 Å². The molecule has 1 saturated heterocycles. The zero-order chi connectivity index (χ0) is 6.85. The molecule has 0 aromatic rings. The van der Waals surface area contributed by atoms with Gasteiger partial charge in [-0.1, -0.05) is 6.92 Å². The molecule has 10 N–H and O–H groups in total. The monoisotopic (exact) mass is 391 g/mol. The van der Waals surface area contributed by atoms with E-state index in [2.05, 4.69) is 10.6 Å². The van der Waals surface area contributed by atoms with Gasteiger partial charge >= 0.3 is 27.1 Å². The van der Waals surface area contributed by atoms with Crippen molar-refractivity contribution in [3.05, 3.63) is 12.3 Å². The summed E-state index contributed by atoms with van der Waals surface area (Å²) in [5, 5.41) is 4.63. The Balaban J connectivity index is -0.0000000540. The van der Waals surface area contributed by atoms with Crippen molar-refractivity contribution < 1.29 is 41.6 Å². The summed E-state index contributed by atoms with van der Waals surface area (Å²) in [6.07, 6.45) is 0. The average molecular weight is 391 g/mol. The van der Waals surface area contributed by atoms with Crippen LogP contribution in [-0.4, -0.2) is 29.4 Å². The van der Waals surface area contributed by atoms with E-state index < -0.39 is 6.03 Å². The van der Waals surface area contributed by atoms with Crippen LogP contribution in [0.25, 0.3) is 12.3 Å². The number of nitrogens with one attached hydrogen (secondary N) is 2. The molecule has 0 aromatic heterocycles. The normalized spacial score (nSPS) is 17.4. The van der Waals surface area contributed by atoms with Crippen molar-refractivity contribution in [3.8, 4) is 0 Å². The van der Waals surface area contributed by atoms with Crippen LogP contribution < -0.4 is 10.6 Å². The van der Waals surface area contributed by atoms with Gasteiger partial charge in [-0.05, 0) is 0 Å². The van der Waals surface area contributed by atoms with E-state index in [9.17, 15) is 9.59 Å². The van der Waals surface area contributed by atoms with Gasteiger partial charge in [0.25, 0.3) is 0 Å². The molecular weight excluding hydrogens is 375 g/mol. The largest absolute Gasteiger partial charge is 4.00 e. The van der Waals surface area contributed by atoms with Crippen molar-refractivity contribution in [1.82, 2.24) is 10.6 Å². The summed E-state index contributed by atoms with van der Waals surface area (Å²) in [6, 6.07) is -0.391. The predicted octanol–water partition coefficient (Wildman–Crippen LogP) is -0.756. The van der Waals surface area contributed by atoms with E-state index in [-0.39, 0.29) is 56.1 Å². The van der Waals surface area contributed by atoms with Crippen LogP contribution in [0.3, 0.4) is 0 Å². The van der Waals surface area contributed by atoms with Crippen molar-refractivity contribution in [2.75, 3.05) is 6.54 Å². The smallest absolute Gasteiger partial charge is 0.693 e. The van der Waals surface area contributed by atoms with Gasteiger partial charge < -0.3 is 28.6 Å². The van der Waals surface area contributed by atoms with E-state index in [1.165, 1.54) is 0 Å². The standard InChI is InChI=1S/C5H8N2O2.2H2N.2H2O.Pt/c1-3-2-6-5(9)7-4(3)8;;;;;/h3H,2H2,1H3,(H2,6,7,8,9);4*1H2;/q;2*-1;;;+4. The molecule has 8 nitrogen and oxygen atoms in total. The first-order valence-electron chi connectivity index (χ1n) is 2.79. The Bertz CT molecular complexity index is 168. The summed E-state index contributed by atoms with van der Waals surface area (Å²) in [5.41, 5.74) is 0. The minimum absolute atomic E-state index is 0. The number of nitrogens with two attached hydrogens (primary N) is 2. The maximum absolute atomic E-state index is 10.6. The minimum Gasteiger partial charge on any atom is -0.693 e. The molecule has 1 heterocycles. The Morgan fingerprint density at radius 3 is 1.93 bits per heavy atom. The van der Waals surface area contributed by atoms with Crippen LogP contribution in [0.1, 0.15) is 6.92 Å². The molecule has 0 radical (unpaired) electrons. The maximum Gasteiger partial charge on any atom is 4.00 e. The van der Waals surface area contributed by atoms with Crippen LogP contribution in [-0.2, 0) is 25.9 Å². The Morgan fingerprint density at radius 1 is 1.21 bits per heavy atom. The van der Waals surface area contributed by atoms with Crippen LogP contribution in [0, 0.1) is 5.92 Å². The first-order valence-corrected chi connectivity index (χ1v) is 2.79. The molecule has 1 aliphatic heterocycles. The van der Waals surface area contributed by atoms with Gasteiger partial charge in [-0.15, -0.1) is 0 Å². The van der Waals surface area contributed by atoms with Gasteiger partial charge in [0.2, 0.25) is 5.91 Å². The second kappa shape index (κ2) is 12.5. The molecular formula is C5H16N4O4Pt+2. The van der Waals surface area contributed by atoms with E-state index in [0.717, 1.165) is 0 Å². The van der Waals surface area contributed by atoms with Crippen molar-refractivity contribution in [3.63, 3.8) is 0 Å². The van der Waals surface area contributed by atoms with E-state index in [4.69, 9.17) is 0 Å². The number of amides is 3. The summed E-state index contributed by atoms with van der Waals surface area (Å²) in [7, 11) is 0. The second-order valence-corrected chi connectivity index (χ2v) is 2.10. The Morgan fingerprint density at radius 2 is 1.64 bits per heavy atom. The molecule has 0 spiro atoms. The molecule has 1 rings (SSSR count). The predicted molar refractivity (Wildman–Crippen MR) is 48.5 cm³/mol. The SMILES string of the molecule is CC1CNC(=O)NC1=O.O.O.[NH2-].[NH2-].[Pt+4]. The number of carbonyl (C=O) groups is 2. The van der Waals surface area contributed by atoms with Gasteiger partial charge in [-0.3, -0.25) is 10.1 Å². The first kappa shape index (κ1) is 29.2. The number of carbonyl (C=O) groups excluding carboxylic acids is 2. The van der Waals surface area contributed by atoms with Crippen molar-refractivity contribution >= 4 is 11.9 Å². The number of rotatable bonds is 0. The molecule has 0 bridgehead atoms. The van der Waals surface area contributed by atoms with E-state index >= 15 is 0 Å². The number of hydrogen-bond donors (Lipinski definition) is 2. The van der Waals surface area contributed by atoms with Crippen LogP contribution >= 0.6 is 0 Å². The molecule has 0 aliphatic carbocycles. The molecule has 1 atom stereocenters. The van der Waals surface area contributed by atoms with Crippen LogP contribution in [0.15, 0.2) is 0 Å². The zero-order valence-electron chi connectivity index (χ0n) is 7.57. The van der Waals surface area contributed by atoms with Gasteiger partial charge in [-0.2, -0.15) is 0 Å². The Hall–Kier alpha value is -0.532. The third-order valence-corrected chi connectivity index (χ3v) is 1.25. The zero-order valence-corrected chi connectivity index (χ0v) is 9.84. The summed E-state index contributed by atoms with van der Waals surface area (Å²) in [4.78, 5) is 21.0.